The Morgan fingerprint density at radius 3 is 1.36 bits per heavy atom. The molecule has 14 heteroatoms. The number of aliphatic hydroxyl groups is 8. The van der Waals surface area contributed by atoms with Crippen molar-refractivity contribution in [3.05, 3.63) is 36.5 Å². The Kier molecular flexibility index (Phi) is 42.6. The molecular weight excluding hydrogens is 943 g/mol. The minimum Gasteiger partial charge on any atom is -0.394 e. The standard InChI is InChI=1S/C60H111NO13/c1-3-5-7-9-11-13-15-17-19-21-22-23-24-25-26-28-30-32-34-36-38-40-42-44-52(65)61-48(49(64)43-41-39-37-35-33-31-29-27-20-18-16-14-12-10-8-6-4-2)47-71-59-57(70)55(68)58(51(46-63)73-59)74-60-56(69)54(67)53(66)50(45-62)72-60/h15,17,21-22,24-25,48-51,53-60,62-64,66-70H,3-14,16,18-20,23,26-47H2,1-2H3,(H,61,65)/b17-15-,22-21-,25-24-. The van der Waals surface area contributed by atoms with Crippen molar-refractivity contribution in [2.75, 3.05) is 19.8 Å². The molecule has 0 bridgehead atoms. The molecule has 2 fully saturated rings. The fourth-order valence-electron chi connectivity index (χ4n) is 9.95. The van der Waals surface area contributed by atoms with E-state index in [1.807, 2.05) is 0 Å². The van der Waals surface area contributed by atoms with Gasteiger partial charge >= 0.3 is 0 Å². The van der Waals surface area contributed by atoms with Crippen LogP contribution in [0.3, 0.4) is 0 Å². The lowest BCUT2D eigenvalue weighted by Crippen LogP contribution is -2.65. The summed E-state index contributed by atoms with van der Waals surface area (Å²) in [6.45, 7) is 2.86. The lowest BCUT2D eigenvalue weighted by Gasteiger charge is -2.46. The van der Waals surface area contributed by atoms with Gasteiger partial charge in [-0.3, -0.25) is 4.79 Å². The fourth-order valence-corrected chi connectivity index (χ4v) is 9.95. The van der Waals surface area contributed by atoms with Gasteiger partial charge in [0.05, 0.1) is 32.0 Å². The van der Waals surface area contributed by atoms with E-state index >= 15 is 0 Å². The molecule has 12 unspecified atom stereocenters. The van der Waals surface area contributed by atoms with Crippen LogP contribution < -0.4 is 5.32 Å². The first-order chi connectivity index (χ1) is 36.1. The van der Waals surface area contributed by atoms with Gasteiger partial charge in [-0.2, -0.15) is 0 Å². The Hall–Kier alpha value is -1.79. The highest BCUT2D eigenvalue weighted by Gasteiger charge is 2.51. The van der Waals surface area contributed by atoms with Crippen molar-refractivity contribution in [3.8, 4) is 0 Å². The number of hydrogen-bond acceptors (Lipinski definition) is 13. The van der Waals surface area contributed by atoms with E-state index in [0.717, 1.165) is 64.2 Å². The number of allylic oxidation sites excluding steroid dienone is 6. The van der Waals surface area contributed by atoms with E-state index in [9.17, 15) is 45.6 Å². The molecule has 0 saturated carbocycles. The molecule has 12 atom stereocenters. The highest BCUT2D eigenvalue weighted by atomic mass is 16.7. The Morgan fingerprint density at radius 2 is 0.892 bits per heavy atom. The van der Waals surface area contributed by atoms with Crippen LogP contribution in [-0.4, -0.2) is 140 Å². The number of aliphatic hydroxyl groups excluding tert-OH is 8. The first-order valence-electron chi connectivity index (χ1n) is 30.2. The smallest absolute Gasteiger partial charge is 0.220 e. The minimum atomic E-state index is -1.78. The third kappa shape index (κ3) is 31.6. The SMILES string of the molecule is CCCCCCC/C=C\C/C=C\C/C=C\CCCCCCCCCCC(=O)NC(COC1OC(CO)C(OC2OC(CO)C(O)C(O)C2O)C(O)C1O)C(O)CCCCCCCCCCCCCCCCCCC. The number of amides is 1. The average molecular weight is 1050 g/mol. The summed E-state index contributed by atoms with van der Waals surface area (Å²) >= 11 is 0. The Labute approximate surface area is 449 Å². The molecule has 0 aliphatic carbocycles. The summed E-state index contributed by atoms with van der Waals surface area (Å²) in [5.41, 5.74) is 0. The summed E-state index contributed by atoms with van der Waals surface area (Å²) in [4.78, 5) is 13.3. The van der Waals surface area contributed by atoms with Crippen molar-refractivity contribution in [2.45, 2.75) is 319 Å². The average Bonchev–Trinajstić information content (AvgIpc) is 3.40. The van der Waals surface area contributed by atoms with E-state index in [1.54, 1.807) is 0 Å². The molecule has 74 heavy (non-hydrogen) atoms. The minimum absolute atomic E-state index is 0.213. The molecular formula is C60H111NO13. The third-order valence-electron chi connectivity index (χ3n) is 14.9. The van der Waals surface area contributed by atoms with Gasteiger partial charge in [-0.15, -0.1) is 0 Å². The Bertz CT molecular complexity index is 1380. The van der Waals surface area contributed by atoms with Crippen LogP contribution in [0.15, 0.2) is 36.5 Å². The van der Waals surface area contributed by atoms with Crippen molar-refractivity contribution in [3.63, 3.8) is 0 Å². The maximum absolute atomic E-state index is 13.3. The van der Waals surface area contributed by atoms with Crippen molar-refractivity contribution < 1.29 is 64.6 Å². The first kappa shape index (κ1) is 68.3. The predicted octanol–water partition coefficient (Wildman–Crippen LogP) is 10.2. The molecule has 0 aromatic carbocycles. The molecule has 2 heterocycles. The van der Waals surface area contributed by atoms with Crippen LogP contribution in [0.2, 0.25) is 0 Å². The molecule has 0 spiro atoms. The largest absolute Gasteiger partial charge is 0.394 e. The van der Waals surface area contributed by atoms with E-state index in [1.165, 1.54) is 148 Å². The van der Waals surface area contributed by atoms with Crippen molar-refractivity contribution in [2.24, 2.45) is 0 Å². The van der Waals surface area contributed by atoms with Gasteiger partial charge in [-0.05, 0) is 51.4 Å². The number of rotatable bonds is 48. The van der Waals surface area contributed by atoms with Gasteiger partial charge in [0, 0.05) is 6.42 Å². The van der Waals surface area contributed by atoms with E-state index in [0.29, 0.717) is 19.3 Å². The van der Waals surface area contributed by atoms with Crippen LogP contribution in [0.1, 0.15) is 245 Å². The van der Waals surface area contributed by atoms with Gasteiger partial charge in [-0.1, -0.05) is 224 Å². The summed E-state index contributed by atoms with van der Waals surface area (Å²) in [6, 6.07) is -0.833. The number of hydrogen-bond donors (Lipinski definition) is 9. The molecule has 14 nitrogen and oxygen atoms in total. The van der Waals surface area contributed by atoms with Gasteiger partial charge in [0.25, 0.3) is 0 Å². The van der Waals surface area contributed by atoms with Crippen LogP contribution in [0, 0.1) is 0 Å². The van der Waals surface area contributed by atoms with Crippen LogP contribution in [0.25, 0.3) is 0 Å². The molecule has 434 valence electrons. The number of carbonyl (C=O) groups excluding carboxylic acids is 1. The molecule has 2 saturated heterocycles. The molecule has 0 radical (unpaired) electrons. The molecule has 0 aromatic rings. The lowest BCUT2D eigenvalue weighted by molar-refractivity contribution is -0.359. The monoisotopic (exact) mass is 1050 g/mol. The summed E-state index contributed by atoms with van der Waals surface area (Å²) in [5.74, 6) is -0.213. The number of unbranched alkanes of at least 4 members (excludes halogenated alkanes) is 29. The molecule has 2 aliphatic rings. The summed E-state index contributed by atoms with van der Waals surface area (Å²) < 4.78 is 22.8. The van der Waals surface area contributed by atoms with E-state index < -0.39 is 86.8 Å². The zero-order valence-corrected chi connectivity index (χ0v) is 46.6. The second-order valence-electron chi connectivity index (χ2n) is 21.5. The summed E-state index contributed by atoms with van der Waals surface area (Å²) in [6.07, 6.45) is 38.5. The van der Waals surface area contributed by atoms with Crippen molar-refractivity contribution in [1.29, 1.82) is 0 Å². The maximum atomic E-state index is 13.3. The number of ether oxygens (including phenoxy) is 4. The quantitative estimate of drug-likeness (QED) is 0.0204. The number of nitrogens with one attached hydrogen (secondary N) is 1. The van der Waals surface area contributed by atoms with Crippen LogP contribution in [0.4, 0.5) is 0 Å². The second-order valence-corrected chi connectivity index (χ2v) is 21.5. The van der Waals surface area contributed by atoms with Crippen molar-refractivity contribution >= 4 is 5.91 Å². The van der Waals surface area contributed by atoms with Gasteiger partial charge in [-0.25, -0.2) is 0 Å². The van der Waals surface area contributed by atoms with Gasteiger partial charge in [0.1, 0.15) is 48.8 Å². The van der Waals surface area contributed by atoms with Gasteiger partial charge < -0.3 is 65.1 Å². The molecule has 9 N–H and O–H groups in total. The second kappa shape index (κ2) is 46.2. The van der Waals surface area contributed by atoms with Crippen LogP contribution >= 0.6 is 0 Å². The van der Waals surface area contributed by atoms with E-state index in [-0.39, 0.29) is 12.5 Å². The predicted molar refractivity (Wildman–Crippen MR) is 295 cm³/mol. The highest BCUT2D eigenvalue weighted by molar-refractivity contribution is 5.76. The van der Waals surface area contributed by atoms with E-state index in [4.69, 9.17) is 18.9 Å². The Balaban J connectivity index is 1.75. The lowest BCUT2D eigenvalue weighted by atomic mass is 9.97. The first-order valence-corrected chi connectivity index (χ1v) is 30.2. The van der Waals surface area contributed by atoms with Crippen molar-refractivity contribution in [1.82, 2.24) is 5.32 Å². The fraction of sp³-hybridized carbons (Fsp3) is 0.883. The van der Waals surface area contributed by atoms with Gasteiger partial charge in [0.2, 0.25) is 5.91 Å². The summed E-state index contributed by atoms with van der Waals surface area (Å²) in [5, 5.41) is 87.3. The third-order valence-corrected chi connectivity index (χ3v) is 14.9. The molecule has 2 rings (SSSR count). The highest BCUT2D eigenvalue weighted by Crippen LogP contribution is 2.30. The van der Waals surface area contributed by atoms with Crippen LogP contribution in [-0.2, 0) is 23.7 Å². The summed E-state index contributed by atoms with van der Waals surface area (Å²) in [7, 11) is 0. The van der Waals surface area contributed by atoms with Crippen LogP contribution in [0.5, 0.6) is 0 Å². The van der Waals surface area contributed by atoms with Gasteiger partial charge in [0.15, 0.2) is 12.6 Å². The Morgan fingerprint density at radius 1 is 0.486 bits per heavy atom. The molecule has 2 aliphatic heterocycles. The normalized spacial score (nSPS) is 25.4. The molecule has 0 aromatic heterocycles. The zero-order valence-electron chi connectivity index (χ0n) is 46.6. The van der Waals surface area contributed by atoms with E-state index in [2.05, 4.69) is 55.6 Å². The zero-order chi connectivity index (χ0) is 53.9. The number of carbonyl (C=O) groups is 1. The maximum Gasteiger partial charge on any atom is 0.220 e. The topological polar surface area (TPSA) is 228 Å². The molecule has 1 amide bonds.